The van der Waals surface area contributed by atoms with E-state index in [1.807, 2.05) is 6.92 Å². The summed E-state index contributed by atoms with van der Waals surface area (Å²) in [4.78, 5) is 15.8. The lowest BCUT2D eigenvalue weighted by Gasteiger charge is -2.39. The molecule has 1 heterocycles. The number of hydrogen-bond acceptors (Lipinski definition) is 6. The van der Waals surface area contributed by atoms with Crippen LogP contribution in [0.5, 0.6) is 0 Å². The van der Waals surface area contributed by atoms with Gasteiger partial charge in [-0.1, -0.05) is 20.8 Å². The zero-order valence-electron chi connectivity index (χ0n) is 14.8. The third-order valence-electron chi connectivity index (χ3n) is 4.27. The van der Waals surface area contributed by atoms with Crippen molar-refractivity contribution in [2.24, 2.45) is 5.73 Å². The number of rotatable bonds is 5. The van der Waals surface area contributed by atoms with E-state index in [1.165, 1.54) is 7.11 Å². The number of hydrogen-bond donors (Lipinski definition) is 1. The molecular formula is C15H28N2O4Si. The fourth-order valence-electron chi connectivity index (χ4n) is 1.76. The standard InChI is InChI=1S/C15H28N2O4Si/c1-9(21-22(7,8)15(3,4)5)11(16)13-17-12(10(2)20-13)14(18)19-6/h9,11H,16H2,1-8H3/t9-,11+/m1/s1. The summed E-state index contributed by atoms with van der Waals surface area (Å²) in [6.45, 7) is 14.4. The SMILES string of the molecule is COC(=O)c1nc([C@@H](N)[C@@H](C)O[Si](C)(C)C(C)(C)C)oc1C. The lowest BCUT2D eigenvalue weighted by molar-refractivity contribution is 0.0592. The molecule has 7 heteroatoms. The van der Waals surface area contributed by atoms with Gasteiger partial charge < -0.3 is 19.3 Å². The normalized spacial score (nSPS) is 15.5. The van der Waals surface area contributed by atoms with Crippen molar-refractivity contribution < 1.29 is 18.4 Å². The van der Waals surface area contributed by atoms with Gasteiger partial charge in [-0.15, -0.1) is 0 Å². The van der Waals surface area contributed by atoms with Crippen LogP contribution in [0.25, 0.3) is 0 Å². The quantitative estimate of drug-likeness (QED) is 0.660. The molecule has 1 rings (SSSR count). The molecule has 0 saturated carbocycles. The monoisotopic (exact) mass is 328 g/mol. The maximum Gasteiger partial charge on any atom is 0.360 e. The molecule has 0 aliphatic rings. The van der Waals surface area contributed by atoms with Crippen molar-refractivity contribution in [3.63, 3.8) is 0 Å². The van der Waals surface area contributed by atoms with Crippen LogP contribution < -0.4 is 5.73 Å². The molecule has 0 fully saturated rings. The van der Waals surface area contributed by atoms with Gasteiger partial charge in [0, 0.05) is 0 Å². The van der Waals surface area contributed by atoms with E-state index in [0.717, 1.165) is 0 Å². The van der Waals surface area contributed by atoms with Gasteiger partial charge in [0.2, 0.25) is 5.89 Å². The van der Waals surface area contributed by atoms with E-state index in [9.17, 15) is 4.79 Å². The highest BCUT2D eigenvalue weighted by Crippen LogP contribution is 2.38. The van der Waals surface area contributed by atoms with E-state index in [4.69, 9.17) is 14.6 Å². The van der Waals surface area contributed by atoms with Crippen LogP contribution in [0.3, 0.4) is 0 Å². The number of oxazole rings is 1. The molecule has 22 heavy (non-hydrogen) atoms. The highest BCUT2D eigenvalue weighted by molar-refractivity contribution is 6.74. The summed E-state index contributed by atoms with van der Waals surface area (Å²) in [5, 5.41) is 0.0880. The van der Waals surface area contributed by atoms with E-state index in [-0.39, 0.29) is 16.8 Å². The average molecular weight is 328 g/mol. The Hall–Kier alpha value is -1.18. The maximum atomic E-state index is 11.6. The summed E-state index contributed by atoms with van der Waals surface area (Å²) in [6, 6.07) is -0.536. The first-order valence-corrected chi connectivity index (χ1v) is 10.3. The van der Waals surface area contributed by atoms with Crippen LogP contribution in [0.1, 0.15) is 55.9 Å². The minimum atomic E-state index is -1.94. The van der Waals surface area contributed by atoms with Crippen molar-refractivity contribution in [3.05, 3.63) is 17.3 Å². The molecule has 0 saturated heterocycles. The molecule has 0 bridgehead atoms. The van der Waals surface area contributed by atoms with Crippen molar-refractivity contribution in [1.82, 2.24) is 4.98 Å². The largest absolute Gasteiger partial charge is 0.464 e. The molecule has 126 valence electrons. The Morgan fingerprint density at radius 3 is 2.36 bits per heavy atom. The average Bonchev–Trinajstić information content (AvgIpc) is 2.77. The zero-order chi connectivity index (χ0) is 17.3. The number of aromatic nitrogens is 1. The second-order valence-electron chi connectivity index (χ2n) is 7.06. The Bertz CT molecular complexity index is 534. The van der Waals surface area contributed by atoms with Gasteiger partial charge >= 0.3 is 5.97 Å². The number of methoxy groups -OCH3 is 1. The van der Waals surface area contributed by atoms with Crippen LogP contribution in [-0.2, 0) is 9.16 Å². The van der Waals surface area contributed by atoms with Gasteiger partial charge in [-0.05, 0) is 32.0 Å². The maximum absolute atomic E-state index is 11.6. The van der Waals surface area contributed by atoms with Crippen molar-refractivity contribution in [2.75, 3.05) is 7.11 Å². The van der Waals surface area contributed by atoms with E-state index < -0.39 is 20.3 Å². The van der Waals surface area contributed by atoms with Crippen molar-refractivity contribution >= 4 is 14.3 Å². The summed E-state index contributed by atoms with van der Waals surface area (Å²) in [5.74, 6) is 0.165. The molecule has 0 radical (unpaired) electrons. The van der Waals surface area contributed by atoms with Crippen molar-refractivity contribution in [3.8, 4) is 0 Å². The molecule has 0 aliphatic carbocycles. The number of nitrogens with two attached hydrogens (primary N) is 1. The summed E-state index contributed by atoms with van der Waals surface area (Å²) in [6.07, 6.45) is -0.260. The Morgan fingerprint density at radius 2 is 1.91 bits per heavy atom. The van der Waals surface area contributed by atoms with Crippen LogP contribution in [-0.4, -0.2) is 32.5 Å². The fourth-order valence-corrected chi connectivity index (χ4v) is 3.19. The molecule has 1 aromatic rings. The highest BCUT2D eigenvalue weighted by Gasteiger charge is 2.40. The van der Waals surface area contributed by atoms with E-state index >= 15 is 0 Å². The predicted molar refractivity (Wildman–Crippen MR) is 87.3 cm³/mol. The molecule has 6 nitrogen and oxygen atoms in total. The van der Waals surface area contributed by atoms with Gasteiger partial charge in [0.15, 0.2) is 14.0 Å². The van der Waals surface area contributed by atoms with E-state index in [0.29, 0.717) is 11.7 Å². The van der Waals surface area contributed by atoms with Gasteiger partial charge in [0.1, 0.15) is 11.8 Å². The number of nitrogens with zero attached hydrogens (tertiary/aromatic N) is 1. The van der Waals surface area contributed by atoms with Gasteiger partial charge in [-0.25, -0.2) is 9.78 Å². The summed E-state index contributed by atoms with van der Waals surface area (Å²) >= 11 is 0. The molecule has 2 N–H and O–H groups in total. The van der Waals surface area contributed by atoms with Crippen molar-refractivity contribution in [1.29, 1.82) is 0 Å². The number of carbonyl (C=O) groups is 1. The Morgan fingerprint density at radius 1 is 1.36 bits per heavy atom. The number of carbonyl (C=O) groups excluding carboxylic acids is 1. The predicted octanol–water partition coefficient (Wildman–Crippen LogP) is 3.18. The first-order chi connectivity index (χ1) is 9.90. The van der Waals surface area contributed by atoms with Crippen LogP contribution in [0, 0.1) is 6.92 Å². The lowest BCUT2D eigenvalue weighted by atomic mass is 10.2. The molecule has 0 spiro atoms. The molecule has 0 unspecified atom stereocenters. The molecule has 0 amide bonds. The summed E-state index contributed by atoms with van der Waals surface area (Å²) in [7, 11) is -0.635. The van der Waals surface area contributed by atoms with Crippen LogP contribution in [0.15, 0.2) is 4.42 Å². The van der Waals surface area contributed by atoms with Crippen LogP contribution in [0.2, 0.25) is 18.1 Å². The summed E-state index contributed by atoms with van der Waals surface area (Å²) in [5.41, 5.74) is 6.36. The minimum Gasteiger partial charge on any atom is -0.464 e. The van der Waals surface area contributed by atoms with E-state index in [1.54, 1.807) is 6.92 Å². The second-order valence-corrected chi connectivity index (χ2v) is 11.8. The molecule has 2 atom stereocenters. The van der Waals surface area contributed by atoms with Gasteiger partial charge in [0.25, 0.3) is 0 Å². The highest BCUT2D eigenvalue weighted by atomic mass is 28.4. The second kappa shape index (κ2) is 6.52. The molecular weight excluding hydrogens is 300 g/mol. The van der Waals surface area contributed by atoms with Gasteiger partial charge in [0.05, 0.1) is 13.2 Å². The van der Waals surface area contributed by atoms with Gasteiger partial charge in [-0.2, -0.15) is 0 Å². The molecule has 0 aromatic carbocycles. The third kappa shape index (κ3) is 3.96. The van der Waals surface area contributed by atoms with Crippen molar-refractivity contribution in [2.45, 2.75) is 64.9 Å². The van der Waals surface area contributed by atoms with E-state index in [2.05, 4.69) is 43.6 Å². The molecule has 0 aliphatic heterocycles. The van der Waals surface area contributed by atoms with Crippen LogP contribution in [0.4, 0.5) is 0 Å². The summed E-state index contributed by atoms with van der Waals surface area (Å²) < 4.78 is 16.4. The minimum absolute atomic E-state index is 0.0880. The topological polar surface area (TPSA) is 87.6 Å². The fraction of sp³-hybridized carbons (Fsp3) is 0.733. The third-order valence-corrected chi connectivity index (χ3v) is 8.84. The number of esters is 1. The Kier molecular flexibility index (Phi) is 5.59. The Labute approximate surface area is 133 Å². The lowest BCUT2D eigenvalue weighted by Crippen LogP contribution is -2.45. The molecule has 1 aromatic heterocycles. The first-order valence-electron chi connectivity index (χ1n) is 7.39. The number of aryl methyl sites for hydroxylation is 1. The smallest absolute Gasteiger partial charge is 0.360 e. The zero-order valence-corrected chi connectivity index (χ0v) is 15.8. The Balaban J connectivity index is 2.92. The van der Waals surface area contributed by atoms with Gasteiger partial charge in [-0.3, -0.25) is 0 Å². The van der Waals surface area contributed by atoms with Crippen LogP contribution >= 0.6 is 0 Å². The number of ether oxygens (including phenoxy) is 1. The first kappa shape index (κ1) is 18.9.